The Kier molecular flexibility index (Phi) is 7.47. The molecule has 0 spiro atoms. The number of halogens is 4. The number of ether oxygens (including phenoxy) is 1. The molecule has 2 aliphatic heterocycles. The van der Waals surface area contributed by atoms with Crippen molar-refractivity contribution in [2.75, 3.05) is 49.1 Å². The predicted octanol–water partition coefficient (Wildman–Crippen LogP) is -0.0618. The molecule has 0 aliphatic carbocycles. The third kappa shape index (κ3) is 5.61. The fourth-order valence-electron chi connectivity index (χ4n) is 3.68. The maximum Gasteiger partial charge on any atom is 0.414 e. The van der Waals surface area contributed by atoms with Crippen molar-refractivity contribution in [2.45, 2.75) is 19.1 Å². The van der Waals surface area contributed by atoms with Gasteiger partial charge in [-0.05, 0) is 10.4 Å². The van der Waals surface area contributed by atoms with Crippen LogP contribution in [0.4, 0.5) is 33.7 Å². The number of aromatic nitrogens is 4. The Morgan fingerprint density at radius 3 is 2.58 bits per heavy atom. The van der Waals surface area contributed by atoms with Crippen LogP contribution in [0.1, 0.15) is 0 Å². The first kappa shape index (κ1) is 25.1. The first-order valence-electron chi connectivity index (χ1n) is 10.6. The largest absolute Gasteiger partial charge is 0.442 e. The average molecular weight is 516 g/mol. The Morgan fingerprint density at radius 2 is 1.92 bits per heavy atom. The van der Waals surface area contributed by atoms with Gasteiger partial charge in [0.1, 0.15) is 24.7 Å². The average Bonchev–Trinajstić information content (AvgIpc) is 3.40. The molecule has 194 valence electrons. The third-order valence-electron chi connectivity index (χ3n) is 5.35. The van der Waals surface area contributed by atoms with E-state index in [1.54, 1.807) is 0 Å². The van der Waals surface area contributed by atoms with Crippen molar-refractivity contribution in [3.63, 3.8) is 0 Å². The fourth-order valence-corrected chi connectivity index (χ4v) is 3.68. The number of hydroxylamine groups is 2. The SMILES string of the molecule is O=C(NC[C@H]1CN(c2cc(F)c(N3CCON(C(=O)Cn4cnnn4)CC3)c(F)c2)C(=O)O1)C(F)F. The standard InChI is InChI=1S/C19H20F4N8O5/c20-13-5-11(30-8-12(36-19(30)34)7-24-18(33)17(22)23)6-14(21)16(13)28-1-2-31(35-4-3-28)15(32)9-29-10-25-26-27-29/h5-6,10,12,17H,1-4,7-9H2,(H,24,33)/t12-/m0/s1. The molecule has 1 aromatic carbocycles. The highest BCUT2D eigenvalue weighted by Gasteiger charge is 2.34. The summed E-state index contributed by atoms with van der Waals surface area (Å²) in [5.74, 6) is -3.92. The number of nitrogens with one attached hydrogen (secondary N) is 1. The van der Waals surface area contributed by atoms with Gasteiger partial charge in [0.25, 0.3) is 11.8 Å². The zero-order chi connectivity index (χ0) is 25.8. The predicted molar refractivity (Wildman–Crippen MR) is 111 cm³/mol. The first-order valence-corrected chi connectivity index (χ1v) is 10.6. The van der Waals surface area contributed by atoms with Crippen LogP contribution in [-0.4, -0.2) is 95.0 Å². The molecule has 0 unspecified atom stereocenters. The molecule has 1 N–H and O–H groups in total. The molecule has 3 amide bonds. The number of amides is 3. The summed E-state index contributed by atoms with van der Waals surface area (Å²) in [6.45, 7) is -0.686. The van der Waals surface area contributed by atoms with Gasteiger partial charge in [-0.3, -0.25) is 19.3 Å². The number of hydrogen-bond donors (Lipinski definition) is 1. The third-order valence-corrected chi connectivity index (χ3v) is 5.35. The molecule has 2 aromatic rings. The number of benzene rings is 1. The maximum absolute atomic E-state index is 15.0. The van der Waals surface area contributed by atoms with Crippen molar-refractivity contribution < 1.29 is 41.5 Å². The highest BCUT2D eigenvalue weighted by Crippen LogP contribution is 2.31. The van der Waals surface area contributed by atoms with Gasteiger partial charge < -0.3 is 15.0 Å². The maximum atomic E-state index is 15.0. The van der Waals surface area contributed by atoms with Gasteiger partial charge in [0, 0.05) is 25.2 Å². The van der Waals surface area contributed by atoms with Gasteiger partial charge in [0.05, 0.1) is 31.9 Å². The molecule has 2 aliphatic rings. The fraction of sp³-hybridized carbons (Fsp3) is 0.474. The summed E-state index contributed by atoms with van der Waals surface area (Å²) in [6, 6.07) is 1.87. The molecule has 17 heteroatoms. The normalized spacial score (nSPS) is 18.4. The van der Waals surface area contributed by atoms with Crippen molar-refractivity contribution in [3.05, 3.63) is 30.1 Å². The Bertz CT molecular complexity index is 1100. The topological polar surface area (TPSA) is 135 Å². The number of hydrogen-bond acceptors (Lipinski definition) is 9. The second kappa shape index (κ2) is 10.7. The van der Waals surface area contributed by atoms with Crippen LogP contribution in [0.5, 0.6) is 0 Å². The van der Waals surface area contributed by atoms with Gasteiger partial charge in [0.2, 0.25) is 0 Å². The van der Waals surface area contributed by atoms with Gasteiger partial charge in [-0.2, -0.15) is 8.78 Å². The van der Waals surface area contributed by atoms with Crippen molar-refractivity contribution in [3.8, 4) is 0 Å². The summed E-state index contributed by atoms with van der Waals surface area (Å²) in [7, 11) is 0. The van der Waals surface area contributed by atoms with E-state index in [1.807, 2.05) is 5.32 Å². The smallest absolute Gasteiger partial charge is 0.414 e. The second-order valence-electron chi connectivity index (χ2n) is 7.74. The monoisotopic (exact) mass is 516 g/mol. The van der Waals surface area contributed by atoms with Crippen LogP contribution in [0.3, 0.4) is 0 Å². The lowest BCUT2D eigenvalue weighted by Crippen LogP contribution is -2.37. The molecule has 36 heavy (non-hydrogen) atoms. The first-order chi connectivity index (χ1) is 17.2. The number of tetrazole rings is 1. The summed E-state index contributed by atoms with van der Waals surface area (Å²) >= 11 is 0. The Labute approximate surface area is 200 Å². The Morgan fingerprint density at radius 1 is 1.17 bits per heavy atom. The van der Waals surface area contributed by atoms with Gasteiger partial charge >= 0.3 is 12.5 Å². The van der Waals surface area contributed by atoms with Crippen LogP contribution in [0, 0.1) is 11.6 Å². The van der Waals surface area contributed by atoms with Crippen LogP contribution in [0.25, 0.3) is 0 Å². The summed E-state index contributed by atoms with van der Waals surface area (Å²) in [5.41, 5.74) is -0.517. The molecule has 1 atom stereocenters. The number of alkyl halides is 2. The van der Waals surface area contributed by atoms with Crippen LogP contribution in [-0.2, 0) is 25.7 Å². The number of carbonyl (C=O) groups is 3. The van der Waals surface area contributed by atoms with E-state index in [0.717, 1.165) is 22.1 Å². The van der Waals surface area contributed by atoms with Gasteiger partial charge in [0.15, 0.2) is 11.6 Å². The van der Waals surface area contributed by atoms with Crippen molar-refractivity contribution in [1.29, 1.82) is 0 Å². The Hall–Kier alpha value is -4.02. The number of rotatable bonds is 7. The van der Waals surface area contributed by atoms with Gasteiger partial charge in [-0.15, -0.1) is 5.10 Å². The highest BCUT2D eigenvalue weighted by atomic mass is 19.3. The molecule has 0 radical (unpaired) electrons. The molecule has 2 fully saturated rings. The summed E-state index contributed by atoms with van der Waals surface area (Å²) in [5, 5.41) is 13.4. The summed E-state index contributed by atoms with van der Waals surface area (Å²) < 4.78 is 60.8. The van der Waals surface area contributed by atoms with Crippen LogP contribution in [0.2, 0.25) is 0 Å². The van der Waals surface area contributed by atoms with Crippen molar-refractivity contribution >= 4 is 29.3 Å². The van der Waals surface area contributed by atoms with E-state index in [9.17, 15) is 23.2 Å². The zero-order valence-corrected chi connectivity index (χ0v) is 18.5. The minimum absolute atomic E-state index is 0.00601. The minimum Gasteiger partial charge on any atom is -0.442 e. The zero-order valence-electron chi connectivity index (χ0n) is 18.5. The molecular weight excluding hydrogens is 496 g/mol. The minimum atomic E-state index is -3.23. The van der Waals surface area contributed by atoms with Crippen LogP contribution < -0.4 is 15.1 Å². The van der Waals surface area contributed by atoms with Crippen molar-refractivity contribution in [2.24, 2.45) is 0 Å². The lowest BCUT2D eigenvalue weighted by atomic mass is 10.2. The van der Waals surface area contributed by atoms with Gasteiger partial charge in [-0.25, -0.2) is 23.3 Å². The van der Waals surface area contributed by atoms with E-state index in [1.165, 1.54) is 15.9 Å². The lowest BCUT2D eigenvalue weighted by molar-refractivity contribution is -0.182. The molecule has 0 bridgehead atoms. The molecule has 2 saturated heterocycles. The highest BCUT2D eigenvalue weighted by molar-refractivity contribution is 5.90. The van der Waals surface area contributed by atoms with Crippen molar-refractivity contribution in [1.82, 2.24) is 30.6 Å². The van der Waals surface area contributed by atoms with E-state index in [-0.39, 0.29) is 57.3 Å². The van der Waals surface area contributed by atoms with Crippen LogP contribution >= 0.6 is 0 Å². The quantitative estimate of drug-likeness (QED) is 0.502. The van der Waals surface area contributed by atoms with Gasteiger partial charge in [-0.1, -0.05) is 0 Å². The van der Waals surface area contributed by atoms with E-state index in [4.69, 9.17) is 9.57 Å². The molecule has 13 nitrogen and oxygen atoms in total. The molecule has 1 aromatic heterocycles. The van der Waals surface area contributed by atoms with E-state index >= 15 is 8.78 Å². The second-order valence-corrected chi connectivity index (χ2v) is 7.74. The summed E-state index contributed by atoms with van der Waals surface area (Å²) in [4.78, 5) is 43.2. The molecule has 0 saturated carbocycles. The van der Waals surface area contributed by atoms with Crippen LogP contribution in [0.15, 0.2) is 18.5 Å². The van der Waals surface area contributed by atoms with E-state index in [0.29, 0.717) is 0 Å². The molecule has 4 rings (SSSR count). The van der Waals surface area contributed by atoms with E-state index in [2.05, 4.69) is 15.5 Å². The number of carbonyl (C=O) groups excluding carboxylic acids is 3. The number of nitrogens with zero attached hydrogens (tertiary/aromatic N) is 7. The number of cyclic esters (lactones) is 1. The number of anilines is 2. The molecule has 3 heterocycles. The molecular formula is C19H20F4N8O5. The lowest BCUT2D eigenvalue weighted by Gasteiger charge is -2.24. The summed E-state index contributed by atoms with van der Waals surface area (Å²) in [6.07, 6.45) is -3.90. The Balaban J connectivity index is 1.40. The van der Waals surface area contributed by atoms with E-state index < -0.39 is 42.1 Å².